The maximum atomic E-state index is 15.7. The SMILES string of the molecule is CCCC(C)C(=O)N1C[C@@]2(F)CCC[C@@]2(NC(=O)Cc2nc[nH]c2C)C1. The summed E-state index contributed by atoms with van der Waals surface area (Å²) < 4.78 is 15.7. The van der Waals surface area contributed by atoms with Crippen LogP contribution >= 0.6 is 0 Å². The van der Waals surface area contributed by atoms with Gasteiger partial charge in [-0.15, -0.1) is 0 Å². The summed E-state index contributed by atoms with van der Waals surface area (Å²) in [4.78, 5) is 34.0. The second-order valence-electron chi connectivity index (χ2n) is 7.98. The van der Waals surface area contributed by atoms with Crippen molar-refractivity contribution in [3.63, 3.8) is 0 Å². The van der Waals surface area contributed by atoms with Gasteiger partial charge in [0.2, 0.25) is 11.8 Å². The summed E-state index contributed by atoms with van der Waals surface area (Å²) in [5.41, 5.74) is -0.989. The van der Waals surface area contributed by atoms with Gasteiger partial charge in [-0.25, -0.2) is 9.37 Å². The molecule has 0 aromatic carbocycles. The molecule has 2 amide bonds. The Bertz CT molecular complexity index is 691. The van der Waals surface area contributed by atoms with Crippen molar-refractivity contribution in [1.29, 1.82) is 0 Å². The number of amides is 2. The van der Waals surface area contributed by atoms with Crippen LogP contribution in [0.2, 0.25) is 0 Å². The summed E-state index contributed by atoms with van der Waals surface area (Å²) in [5, 5.41) is 2.95. The van der Waals surface area contributed by atoms with Crippen LogP contribution in [0.15, 0.2) is 6.33 Å². The highest BCUT2D eigenvalue weighted by molar-refractivity contribution is 5.81. The molecule has 2 N–H and O–H groups in total. The monoisotopic (exact) mass is 364 g/mol. The number of imidazole rings is 1. The Morgan fingerprint density at radius 3 is 2.85 bits per heavy atom. The van der Waals surface area contributed by atoms with Gasteiger partial charge in [0.25, 0.3) is 0 Å². The number of alkyl halides is 1. The first kappa shape index (κ1) is 18.9. The molecule has 144 valence electrons. The van der Waals surface area contributed by atoms with E-state index in [1.165, 1.54) is 0 Å². The summed E-state index contributed by atoms with van der Waals surface area (Å²) in [6.45, 7) is 6.14. The fraction of sp³-hybridized carbons (Fsp3) is 0.737. The fourth-order valence-electron chi connectivity index (χ4n) is 4.54. The quantitative estimate of drug-likeness (QED) is 0.813. The van der Waals surface area contributed by atoms with E-state index in [4.69, 9.17) is 0 Å². The van der Waals surface area contributed by atoms with Gasteiger partial charge in [0, 0.05) is 18.2 Å². The van der Waals surface area contributed by atoms with Crippen LogP contribution in [-0.4, -0.2) is 51.0 Å². The Labute approximate surface area is 153 Å². The topological polar surface area (TPSA) is 78.1 Å². The average Bonchev–Trinajstić information content (AvgIpc) is 3.18. The van der Waals surface area contributed by atoms with E-state index in [-0.39, 0.29) is 37.2 Å². The fourth-order valence-corrected chi connectivity index (χ4v) is 4.54. The molecule has 0 radical (unpaired) electrons. The Hall–Kier alpha value is -1.92. The molecule has 1 aliphatic heterocycles. The number of fused-ring (bicyclic) bond motifs is 1. The van der Waals surface area contributed by atoms with Gasteiger partial charge in [-0.3, -0.25) is 9.59 Å². The van der Waals surface area contributed by atoms with Gasteiger partial charge in [-0.2, -0.15) is 0 Å². The highest BCUT2D eigenvalue weighted by Gasteiger charge is 2.63. The minimum Gasteiger partial charge on any atom is -0.348 e. The van der Waals surface area contributed by atoms with Crippen LogP contribution in [0.1, 0.15) is 57.3 Å². The van der Waals surface area contributed by atoms with Crippen molar-refractivity contribution in [2.24, 2.45) is 5.92 Å². The number of aromatic nitrogens is 2. The van der Waals surface area contributed by atoms with E-state index in [1.54, 1.807) is 11.2 Å². The molecule has 1 aromatic heterocycles. The third-order valence-electron chi connectivity index (χ3n) is 6.03. The first-order valence-corrected chi connectivity index (χ1v) is 9.58. The lowest BCUT2D eigenvalue weighted by Gasteiger charge is -2.33. The largest absolute Gasteiger partial charge is 0.348 e. The summed E-state index contributed by atoms with van der Waals surface area (Å²) in [7, 11) is 0. The third kappa shape index (κ3) is 3.23. The number of aromatic amines is 1. The molecule has 0 bridgehead atoms. The minimum absolute atomic E-state index is 0.00459. The summed E-state index contributed by atoms with van der Waals surface area (Å²) in [6.07, 6.45) is 5.08. The predicted octanol–water partition coefficient (Wildman–Crippen LogP) is 2.29. The molecule has 1 aliphatic carbocycles. The molecule has 1 saturated carbocycles. The standard InChI is InChI=1S/C19H29FN4O2/c1-4-6-13(2)17(26)24-10-18(20)7-5-8-19(18,11-24)23-16(25)9-15-14(3)21-12-22-15/h12-13H,4-11H2,1-3H3,(H,21,22)(H,23,25)/t13?,18-,19+/m0/s1. The molecule has 3 atom stereocenters. The van der Waals surface area contributed by atoms with Crippen molar-refractivity contribution in [3.8, 4) is 0 Å². The highest BCUT2D eigenvalue weighted by Crippen LogP contribution is 2.48. The van der Waals surface area contributed by atoms with E-state index >= 15 is 4.39 Å². The number of likely N-dealkylation sites (tertiary alicyclic amines) is 1. The number of hydrogen-bond donors (Lipinski definition) is 2. The second kappa shape index (κ2) is 7.00. The van der Waals surface area contributed by atoms with Gasteiger partial charge >= 0.3 is 0 Å². The van der Waals surface area contributed by atoms with Gasteiger partial charge in [0.15, 0.2) is 5.67 Å². The predicted molar refractivity (Wildman–Crippen MR) is 96.2 cm³/mol. The number of aryl methyl sites for hydroxylation is 1. The second-order valence-corrected chi connectivity index (χ2v) is 7.98. The van der Waals surface area contributed by atoms with Crippen LogP contribution in [0.3, 0.4) is 0 Å². The molecule has 2 aliphatic rings. The van der Waals surface area contributed by atoms with E-state index in [0.717, 1.165) is 25.0 Å². The van der Waals surface area contributed by atoms with Crippen LogP contribution in [0, 0.1) is 12.8 Å². The van der Waals surface area contributed by atoms with E-state index in [0.29, 0.717) is 18.5 Å². The molecule has 2 fully saturated rings. The van der Waals surface area contributed by atoms with Crippen LogP contribution in [-0.2, 0) is 16.0 Å². The Morgan fingerprint density at radius 2 is 2.19 bits per heavy atom. The summed E-state index contributed by atoms with van der Waals surface area (Å²) in [6, 6.07) is 0. The van der Waals surface area contributed by atoms with Crippen molar-refractivity contribution in [2.75, 3.05) is 13.1 Å². The number of H-pyrrole nitrogens is 1. The molecule has 2 heterocycles. The number of nitrogens with one attached hydrogen (secondary N) is 2. The maximum Gasteiger partial charge on any atom is 0.226 e. The zero-order valence-corrected chi connectivity index (χ0v) is 15.9. The summed E-state index contributed by atoms with van der Waals surface area (Å²) in [5.74, 6) is -0.350. The van der Waals surface area contributed by atoms with Gasteiger partial charge in [-0.1, -0.05) is 20.3 Å². The van der Waals surface area contributed by atoms with Gasteiger partial charge in [0.05, 0.1) is 30.5 Å². The lowest BCUT2D eigenvalue weighted by Crippen LogP contribution is -2.59. The lowest BCUT2D eigenvalue weighted by atomic mass is 9.87. The van der Waals surface area contributed by atoms with Crippen LogP contribution in [0.4, 0.5) is 4.39 Å². The van der Waals surface area contributed by atoms with Crippen LogP contribution in [0.5, 0.6) is 0 Å². The van der Waals surface area contributed by atoms with E-state index in [1.807, 2.05) is 20.8 Å². The molecule has 7 heteroatoms. The Kier molecular flexibility index (Phi) is 5.08. The molecular formula is C19H29FN4O2. The number of nitrogens with zero attached hydrogens (tertiary/aromatic N) is 2. The minimum atomic E-state index is -1.54. The first-order valence-electron chi connectivity index (χ1n) is 9.58. The molecule has 1 unspecified atom stereocenters. The lowest BCUT2D eigenvalue weighted by molar-refractivity contribution is -0.135. The Balaban J connectivity index is 1.72. The van der Waals surface area contributed by atoms with Gasteiger partial charge in [0.1, 0.15) is 0 Å². The average molecular weight is 364 g/mol. The van der Waals surface area contributed by atoms with Crippen LogP contribution < -0.4 is 5.32 Å². The van der Waals surface area contributed by atoms with Crippen molar-refractivity contribution in [2.45, 2.75) is 70.5 Å². The smallest absolute Gasteiger partial charge is 0.226 e. The Morgan fingerprint density at radius 1 is 1.42 bits per heavy atom. The number of rotatable bonds is 6. The zero-order chi connectivity index (χ0) is 18.9. The van der Waals surface area contributed by atoms with Gasteiger partial charge in [-0.05, 0) is 32.6 Å². The molecule has 26 heavy (non-hydrogen) atoms. The molecule has 1 saturated heterocycles. The third-order valence-corrected chi connectivity index (χ3v) is 6.03. The van der Waals surface area contributed by atoms with Crippen molar-refractivity contribution < 1.29 is 14.0 Å². The maximum absolute atomic E-state index is 15.7. The molecule has 0 spiro atoms. The zero-order valence-electron chi connectivity index (χ0n) is 15.9. The van der Waals surface area contributed by atoms with Crippen molar-refractivity contribution in [1.82, 2.24) is 20.2 Å². The highest BCUT2D eigenvalue weighted by atomic mass is 19.1. The van der Waals surface area contributed by atoms with Crippen molar-refractivity contribution >= 4 is 11.8 Å². The number of carbonyl (C=O) groups excluding carboxylic acids is 2. The van der Waals surface area contributed by atoms with Gasteiger partial charge < -0.3 is 15.2 Å². The molecule has 3 rings (SSSR count). The molecule has 6 nitrogen and oxygen atoms in total. The van der Waals surface area contributed by atoms with Crippen LogP contribution in [0.25, 0.3) is 0 Å². The summed E-state index contributed by atoms with van der Waals surface area (Å²) >= 11 is 0. The van der Waals surface area contributed by atoms with E-state index in [2.05, 4.69) is 15.3 Å². The first-order chi connectivity index (χ1) is 12.3. The molecular weight excluding hydrogens is 335 g/mol. The number of hydrogen-bond acceptors (Lipinski definition) is 3. The molecule has 1 aromatic rings. The number of carbonyl (C=O) groups is 2. The van der Waals surface area contributed by atoms with E-state index in [9.17, 15) is 9.59 Å². The van der Waals surface area contributed by atoms with Crippen molar-refractivity contribution in [3.05, 3.63) is 17.7 Å². The number of halogens is 1. The normalized spacial score (nSPS) is 28.8. The van der Waals surface area contributed by atoms with E-state index < -0.39 is 11.2 Å².